The van der Waals surface area contributed by atoms with Crippen LogP contribution in [0, 0.1) is 6.92 Å². The summed E-state index contributed by atoms with van der Waals surface area (Å²) in [5.41, 5.74) is 2.51. The van der Waals surface area contributed by atoms with Crippen LogP contribution in [0.15, 0.2) is 48.5 Å². The highest BCUT2D eigenvalue weighted by Gasteiger charge is 2.28. The fourth-order valence-electron chi connectivity index (χ4n) is 2.31. The van der Waals surface area contributed by atoms with Gasteiger partial charge in [0.1, 0.15) is 5.75 Å². The topological polar surface area (TPSA) is 67.4 Å². The average molecular weight is 440 g/mol. The van der Waals surface area contributed by atoms with Gasteiger partial charge in [-0.3, -0.25) is 9.59 Å². The number of halogens is 3. The quantitative estimate of drug-likeness (QED) is 0.610. The monoisotopic (exact) mass is 440 g/mol. The molecule has 0 aromatic heterocycles. The minimum atomic E-state index is -4.39. The van der Waals surface area contributed by atoms with Gasteiger partial charge >= 0.3 is 6.18 Å². The maximum absolute atomic E-state index is 12.2. The first kappa shape index (κ1) is 23.6. The second-order valence-corrected chi connectivity index (χ2v) is 7.96. The molecule has 0 bridgehead atoms. The van der Waals surface area contributed by atoms with Gasteiger partial charge in [0.05, 0.1) is 11.0 Å². The summed E-state index contributed by atoms with van der Waals surface area (Å²) in [4.78, 5) is 24.2. The molecule has 9 heteroatoms. The normalized spacial score (nSPS) is 12.2. The van der Waals surface area contributed by atoms with Gasteiger partial charge in [0.15, 0.2) is 6.61 Å². The second-order valence-electron chi connectivity index (χ2n) is 6.63. The number of hydrogen-bond donors (Lipinski definition) is 2. The van der Waals surface area contributed by atoms with Crippen molar-refractivity contribution in [1.82, 2.24) is 5.32 Å². The maximum Gasteiger partial charge on any atom is 0.422 e. The van der Waals surface area contributed by atoms with Gasteiger partial charge < -0.3 is 15.4 Å². The Bertz CT molecular complexity index is 840. The van der Waals surface area contributed by atoms with E-state index in [2.05, 4.69) is 15.4 Å². The number of hydrogen-bond acceptors (Lipinski definition) is 4. The maximum atomic E-state index is 12.2. The van der Waals surface area contributed by atoms with Gasteiger partial charge in [-0.25, -0.2) is 0 Å². The second kappa shape index (κ2) is 10.9. The molecular weight excluding hydrogens is 417 g/mol. The van der Waals surface area contributed by atoms with E-state index >= 15 is 0 Å². The van der Waals surface area contributed by atoms with Crippen molar-refractivity contribution in [1.29, 1.82) is 0 Å². The first-order valence-corrected chi connectivity index (χ1v) is 10.2. The lowest BCUT2D eigenvalue weighted by atomic mass is 10.2. The van der Waals surface area contributed by atoms with Crippen LogP contribution in [-0.2, 0) is 16.1 Å². The highest BCUT2D eigenvalue weighted by Crippen LogP contribution is 2.19. The zero-order chi connectivity index (χ0) is 22.1. The molecule has 30 heavy (non-hydrogen) atoms. The lowest BCUT2D eigenvalue weighted by Crippen LogP contribution is -2.31. The van der Waals surface area contributed by atoms with Crippen molar-refractivity contribution >= 4 is 29.3 Å². The van der Waals surface area contributed by atoms with Crippen LogP contribution in [0.2, 0.25) is 0 Å². The molecule has 2 N–H and O–H groups in total. The Kier molecular flexibility index (Phi) is 8.58. The molecule has 2 aromatic carbocycles. The predicted octanol–water partition coefficient (Wildman–Crippen LogP) is 4.31. The van der Waals surface area contributed by atoms with Crippen molar-refractivity contribution in [3.05, 3.63) is 59.7 Å². The number of thioether (sulfide) groups is 1. The van der Waals surface area contributed by atoms with Crippen LogP contribution >= 0.6 is 11.8 Å². The van der Waals surface area contributed by atoms with Gasteiger partial charge in [-0.2, -0.15) is 13.2 Å². The molecular formula is C21H23F3N2O3S. The molecule has 0 fully saturated rings. The third kappa shape index (κ3) is 8.77. The fourth-order valence-corrected chi connectivity index (χ4v) is 3.02. The molecule has 0 saturated heterocycles. The SMILES string of the molecule is Cc1ccc(NC(=O)CSC(C)C(=O)NCc2ccc(OCC(F)(F)F)cc2)cc1. The largest absolute Gasteiger partial charge is 0.484 e. The predicted molar refractivity (Wildman–Crippen MR) is 112 cm³/mol. The lowest BCUT2D eigenvalue weighted by Gasteiger charge is -2.13. The molecule has 0 spiro atoms. The third-order valence-corrected chi connectivity index (χ3v) is 5.10. The highest BCUT2D eigenvalue weighted by atomic mass is 32.2. The van der Waals surface area contributed by atoms with Crippen LogP contribution < -0.4 is 15.4 Å². The average Bonchev–Trinajstić information content (AvgIpc) is 2.70. The minimum Gasteiger partial charge on any atom is -0.484 e. The number of benzene rings is 2. The number of alkyl halides is 3. The molecule has 162 valence electrons. The van der Waals surface area contributed by atoms with E-state index in [1.807, 2.05) is 31.2 Å². The number of amides is 2. The van der Waals surface area contributed by atoms with Gasteiger partial charge in [0.2, 0.25) is 11.8 Å². The summed E-state index contributed by atoms with van der Waals surface area (Å²) in [6, 6.07) is 13.4. The van der Waals surface area contributed by atoms with Crippen LogP contribution in [0.1, 0.15) is 18.1 Å². The molecule has 5 nitrogen and oxygen atoms in total. The van der Waals surface area contributed by atoms with Crippen molar-refractivity contribution in [2.45, 2.75) is 31.8 Å². The van der Waals surface area contributed by atoms with Crippen LogP contribution in [-0.4, -0.2) is 35.6 Å². The van der Waals surface area contributed by atoms with Crippen molar-refractivity contribution in [2.24, 2.45) is 0 Å². The summed E-state index contributed by atoms with van der Waals surface area (Å²) in [6.07, 6.45) is -4.39. The Morgan fingerprint density at radius 3 is 2.30 bits per heavy atom. The number of rotatable bonds is 9. The Hall–Kier alpha value is -2.68. The molecule has 2 amide bonds. The summed E-state index contributed by atoms with van der Waals surface area (Å²) in [7, 11) is 0. The molecule has 0 aliphatic heterocycles. The zero-order valence-corrected chi connectivity index (χ0v) is 17.4. The number of ether oxygens (including phenoxy) is 1. The number of aryl methyl sites for hydroxylation is 1. The molecule has 2 aromatic rings. The van der Waals surface area contributed by atoms with Gasteiger partial charge in [-0.1, -0.05) is 29.8 Å². The molecule has 0 aliphatic rings. The van der Waals surface area contributed by atoms with E-state index in [1.54, 1.807) is 19.1 Å². The molecule has 0 saturated carbocycles. The van der Waals surface area contributed by atoms with E-state index in [1.165, 1.54) is 23.9 Å². The van der Waals surface area contributed by atoms with E-state index in [4.69, 9.17) is 0 Å². The molecule has 0 aliphatic carbocycles. The Morgan fingerprint density at radius 1 is 1.07 bits per heavy atom. The zero-order valence-electron chi connectivity index (χ0n) is 16.6. The third-order valence-electron chi connectivity index (χ3n) is 3.96. The standard InChI is InChI=1S/C21H23F3N2O3S/c1-14-3-7-17(8-4-14)26-19(27)12-30-15(2)20(28)25-11-16-5-9-18(10-6-16)29-13-21(22,23)24/h3-10,15H,11-13H2,1-2H3,(H,25,28)(H,26,27). The first-order valence-electron chi connectivity index (χ1n) is 9.17. The van der Waals surface area contributed by atoms with Crippen molar-refractivity contribution in [2.75, 3.05) is 17.7 Å². The van der Waals surface area contributed by atoms with E-state index in [0.717, 1.165) is 11.1 Å². The van der Waals surface area contributed by atoms with Gasteiger partial charge in [-0.05, 0) is 43.7 Å². The van der Waals surface area contributed by atoms with Gasteiger partial charge in [0.25, 0.3) is 0 Å². The number of nitrogens with one attached hydrogen (secondary N) is 2. The first-order chi connectivity index (χ1) is 14.1. The Morgan fingerprint density at radius 2 is 1.70 bits per heavy atom. The molecule has 2 rings (SSSR count). The summed E-state index contributed by atoms with van der Waals surface area (Å²) in [5, 5.41) is 5.07. The summed E-state index contributed by atoms with van der Waals surface area (Å²) < 4.78 is 41.1. The lowest BCUT2D eigenvalue weighted by molar-refractivity contribution is -0.153. The van der Waals surface area contributed by atoms with Crippen LogP contribution in [0.5, 0.6) is 5.75 Å². The van der Waals surface area contributed by atoms with Crippen LogP contribution in [0.25, 0.3) is 0 Å². The van der Waals surface area contributed by atoms with Crippen molar-refractivity contribution in [3.63, 3.8) is 0 Å². The van der Waals surface area contributed by atoms with Crippen molar-refractivity contribution in [3.8, 4) is 5.75 Å². The van der Waals surface area contributed by atoms with Crippen molar-refractivity contribution < 1.29 is 27.5 Å². The summed E-state index contributed by atoms with van der Waals surface area (Å²) in [6.45, 7) is 2.53. The highest BCUT2D eigenvalue weighted by molar-refractivity contribution is 8.01. The molecule has 0 heterocycles. The van der Waals surface area contributed by atoms with Crippen LogP contribution in [0.3, 0.4) is 0 Å². The number of anilines is 1. The number of carbonyl (C=O) groups is 2. The van der Waals surface area contributed by atoms with Crippen LogP contribution in [0.4, 0.5) is 18.9 Å². The Labute approximate surface area is 177 Å². The smallest absolute Gasteiger partial charge is 0.422 e. The van der Waals surface area contributed by atoms with E-state index in [9.17, 15) is 22.8 Å². The molecule has 0 radical (unpaired) electrons. The van der Waals surface area contributed by atoms with E-state index in [-0.39, 0.29) is 29.9 Å². The summed E-state index contributed by atoms with van der Waals surface area (Å²) >= 11 is 1.21. The van der Waals surface area contributed by atoms with Gasteiger partial charge in [0, 0.05) is 12.2 Å². The summed E-state index contributed by atoms with van der Waals surface area (Å²) in [5.74, 6) is -0.197. The number of carbonyl (C=O) groups excluding carboxylic acids is 2. The van der Waals surface area contributed by atoms with E-state index < -0.39 is 18.0 Å². The Balaban J connectivity index is 1.71. The van der Waals surface area contributed by atoms with E-state index in [0.29, 0.717) is 5.69 Å². The fraction of sp³-hybridized carbons (Fsp3) is 0.333. The molecule has 1 unspecified atom stereocenters. The minimum absolute atomic E-state index is 0.103. The van der Waals surface area contributed by atoms with Gasteiger partial charge in [-0.15, -0.1) is 11.8 Å². The molecule has 1 atom stereocenters.